The summed E-state index contributed by atoms with van der Waals surface area (Å²) in [6.07, 6.45) is 1.63. The fourth-order valence-corrected chi connectivity index (χ4v) is 4.76. The van der Waals surface area contributed by atoms with Crippen LogP contribution in [-0.4, -0.2) is 44.7 Å². The number of hydrogen-bond acceptors (Lipinski definition) is 5. The van der Waals surface area contributed by atoms with Crippen LogP contribution in [0, 0.1) is 0 Å². The van der Waals surface area contributed by atoms with Gasteiger partial charge in [0.25, 0.3) is 0 Å². The van der Waals surface area contributed by atoms with E-state index in [1.807, 2.05) is 18.7 Å². The first-order valence-electron chi connectivity index (χ1n) is 6.06. The number of hydrogen-bond donors (Lipinski definition) is 0. The lowest BCUT2D eigenvalue weighted by molar-refractivity contribution is 0.0976. The Labute approximate surface area is 116 Å². The van der Waals surface area contributed by atoms with Gasteiger partial charge in [0.2, 0.25) is 0 Å². The lowest BCUT2D eigenvalue weighted by Gasteiger charge is -2.26. The van der Waals surface area contributed by atoms with Crippen molar-refractivity contribution in [1.29, 1.82) is 0 Å². The van der Waals surface area contributed by atoms with Crippen LogP contribution in [0.15, 0.2) is 6.20 Å². The molecule has 2 atom stereocenters. The number of carbonyl (C=O) groups excluding carboxylic acids is 1. The third-order valence-corrected chi connectivity index (χ3v) is 6.09. The van der Waals surface area contributed by atoms with Crippen molar-refractivity contribution >= 4 is 29.3 Å². The molecule has 0 aliphatic carbocycles. The van der Waals surface area contributed by atoms with Crippen molar-refractivity contribution in [3.05, 3.63) is 11.9 Å². The van der Waals surface area contributed by atoms with Gasteiger partial charge in [0.15, 0.2) is 11.5 Å². The van der Waals surface area contributed by atoms with E-state index in [1.165, 1.54) is 0 Å². The van der Waals surface area contributed by atoms with Crippen LogP contribution in [0.2, 0.25) is 0 Å². The molecule has 4 nitrogen and oxygen atoms in total. The fourth-order valence-electron chi connectivity index (χ4n) is 2.06. The van der Waals surface area contributed by atoms with Crippen LogP contribution in [-0.2, 0) is 6.54 Å². The van der Waals surface area contributed by atoms with Gasteiger partial charge >= 0.3 is 0 Å². The minimum Gasteiger partial charge on any atom is -0.493 e. The summed E-state index contributed by atoms with van der Waals surface area (Å²) < 4.78 is 6.98. The summed E-state index contributed by atoms with van der Waals surface area (Å²) in [6, 6.07) is 0. The third-order valence-electron chi connectivity index (χ3n) is 3.00. The van der Waals surface area contributed by atoms with Crippen LogP contribution < -0.4 is 4.74 Å². The third kappa shape index (κ3) is 2.54. The van der Waals surface area contributed by atoms with Gasteiger partial charge in [-0.2, -0.15) is 16.9 Å². The Balaban J connectivity index is 2.29. The maximum Gasteiger partial charge on any atom is 0.198 e. The van der Waals surface area contributed by atoms with Gasteiger partial charge in [-0.3, -0.25) is 9.48 Å². The van der Waals surface area contributed by atoms with Crippen molar-refractivity contribution in [1.82, 2.24) is 9.78 Å². The first kappa shape index (κ1) is 13.8. The summed E-state index contributed by atoms with van der Waals surface area (Å²) in [5.74, 6) is 2.90. The fraction of sp³-hybridized carbons (Fsp3) is 0.667. The zero-order valence-electron chi connectivity index (χ0n) is 10.9. The van der Waals surface area contributed by atoms with Gasteiger partial charge in [0.1, 0.15) is 5.69 Å². The molecule has 2 unspecified atom stereocenters. The number of carbonyl (C=O) groups is 1. The molecule has 1 fully saturated rings. The van der Waals surface area contributed by atoms with Crippen LogP contribution in [0.4, 0.5) is 0 Å². The Morgan fingerprint density at radius 2 is 2.28 bits per heavy atom. The molecule has 2 heterocycles. The molecule has 1 aliphatic rings. The van der Waals surface area contributed by atoms with E-state index in [-0.39, 0.29) is 11.0 Å². The van der Waals surface area contributed by atoms with Gasteiger partial charge in [0, 0.05) is 23.3 Å². The molecule has 0 radical (unpaired) electrons. The maximum absolute atomic E-state index is 12.7. The Hall–Kier alpha value is -0.620. The van der Waals surface area contributed by atoms with E-state index in [0.717, 1.165) is 11.5 Å². The van der Waals surface area contributed by atoms with Crippen molar-refractivity contribution in [2.75, 3.05) is 18.6 Å². The molecule has 1 aliphatic heterocycles. The van der Waals surface area contributed by atoms with Crippen molar-refractivity contribution in [3.8, 4) is 5.75 Å². The van der Waals surface area contributed by atoms with Gasteiger partial charge in [-0.15, -0.1) is 11.8 Å². The minimum atomic E-state index is 0.0136. The number of ether oxygens (including phenoxy) is 1. The number of thioether (sulfide) groups is 2. The number of aromatic nitrogens is 2. The summed E-state index contributed by atoms with van der Waals surface area (Å²) in [5, 5.41) is 4.56. The van der Waals surface area contributed by atoms with Gasteiger partial charge in [-0.1, -0.05) is 6.92 Å². The highest BCUT2D eigenvalue weighted by Crippen LogP contribution is 2.34. The van der Waals surface area contributed by atoms with Crippen molar-refractivity contribution in [3.63, 3.8) is 0 Å². The van der Waals surface area contributed by atoms with E-state index in [4.69, 9.17) is 4.74 Å². The Morgan fingerprint density at radius 3 is 2.89 bits per heavy atom. The van der Waals surface area contributed by atoms with Crippen LogP contribution in [0.5, 0.6) is 5.75 Å². The quantitative estimate of drug-likeness (QED) is 0.795. The molecule has 1 aromatic heterocycles. The second-order valence-electron chi connectivity index (χ2n) is 4.11. The SMILES string of the molecule is CCn1ncc(OC)c1C(=O)C1SCCSC1C. The van der Waals surface area contributed by atoms with Gasteiger partial charge < -0.3 is 4.74 Å². The lowest BCUT2D eigenvalue weighted by atomic mass is 10.1. The van der Waals surface area contributed by atoms with Crippen LogP contribution >= 0.6 is 23.5 Å². The molecule has 0 amide bonds. The number of aryl methyl sites for hydroxylation is 1. The monoisotopic (exact) mass is 286 g/mol. The van der Waals surface area contributed by atoms with Crippen molar-refractivity contribution in [2.24, 2.45) is 0 Å². The lowest BCUT2D eigenvalue weighted by Crippen LogP contribution is -2.32. The minimum absolute atomic E-state index is 0.0136. The summed E-state index contributed by atoms with van der Waals surface area (Å²) in [5.41, 5.74) is 0.617. The number of rotatable bonds is 4. The molecule has 2 rings (SSSR count). The van der Waals surface area contributed by atoms with Crippen LogP contribution in [0.25, 0.3) is 0 Å². The molecule has 0 saturated carbocycles. The smallest absolute Gasteiger partial charge is 0.198 e. The summed E-state index contributed by atoms with van der Waals surface area (Å²) in [6.45, 7) is 4.79. The average Bonchev–Trinajstić information content (AvgIpc) is 2.81. The Morgan fingerprint density at radius 1 is 1.56 bits per heavy atom. The summed E-state index contributed by atoms with van der Waals surface area (Å²) in [4.78, 5) is 12.7. The van der Waals surface area contributed by atoms with E-state index in [1.54, 1.807) is 29.8 Å². The molecule has 1 aromatic rings. The molecule has 0 aromatic carbocycles. The van der Waals surface area contributed by atoms with E-state index in [2.05, 4.69) is 12.0 Å². The first-order valence-corrected chi connectivity index (χ1v) is 8.16. The van der Waals surface area contributed by atoms with E-state index >= 15 is 0 Å². The summed E-state index contributed by atoms with van der Waals surface area (Å²) in [7, 11) is 1.58. The van der Waals surface area contributed by atoms with Gasteiger partial charge in [-0.05, 0) is 6.92 Å². The Kier molecular flexibility index (Phi) is 4.61. The zero-order chi connectivity index (χ0) is 13.1. The average molecular weight is 286 g/mol. The van der Waals surface area contributed by atoms with E-state index < -0.39 is 0 Å². The first-order chi connectivity index (χ1) is 8.69. The summed E-state index contributed by atoms with van der Waals surface area (Å²) >= 11 is 3.62. The molecule has 18 heavy (non-hydrogen) atoms. The van der Waals surface area contributed by atoms with Crippen LogP contribution in [0.3, 0.4) is 0 Å². The topological polar surface area (TPSA) is 44.1 Å². The molecule has 6 heteroatoms. The highest BCUT2D eigenvalue weighted by Gasteiger charge is 2.33. The number of nitrogens with zero attached hydrogens (tertiary/aromatic N) is 2. The standard InChI is InChI=1S/C12H18N2O2S2/c1-4-14-10(9(16-3)7-13-14)11(15)12-8(2)17-5-6-18-12/h7-8,12H,4-6H2,1-3H3. The predicted octanol–water partition coefficient (Wildman–Crippen LogP) is 2.33. The van der Waals surface area contributed by atoms with Gasteiger partial charge in [0.05, 0.1) is 18.6 Å². The van der Waals surface area contributed by atoms with E-state index in [9.17, 15) is 4.79 Å². The molecule has 0 N–H and O–H groups in total. The predicted molar refractivity (Wildman–Crippen MR) is 76.9 cm³/mol. The van der Waals surface area contributed by atoms with Crippen LogP contribution in [0.1, 0.15) is 24.3 Å². The zero-order valence-corrected chi connectivity index (χ0v) is 12.5. The van der Waals surface area contributed by atoms with Crippen molar-refractivity contribution in [2.45, 2.75) is 30.9 Å². The highest BCUT2D eigenvalue weighted by atomic mass is 32.2. The molecular formula is C12H18N2O2S2. The molecule has 100 valence electrons. The Bertz CT molecular complexity index is 412. The molecule has 1 saturated heterocycles. The maximum atomic E-state index is 12.7. The van der Waals surface area contributed by atoms with Crippen molar-refractivity contribution < 1.29 is 9.53 Å². The molecule has 0 spiro atoms. The number of methoxy groups -OCH3 is 1. The molecule has 0 bridgehead atoms. The van der Waals surface area contributed by atoms with E-state index in [0.29, 0.717) is 23.2 Å². The largest absolute Gasteiger partial charge is 0.493 e. The second-order valence-corrected chi connectivity index (χ2v) is 6.84. The normalized spacial score (nSPS) is 23.9. The number of ketones is 1. The number of Topliss-reactive ketones (excluding diaryl/α,β-unsaturated/α-hetero) is 1. The van der Waals surface area contributed by atoms with Gasteiger partial charge in [-0.25, -0.2) is 0 Å². The second kappa shape index (κ2) is 6.02. The highest BCUT2D eigenvalue weighted by molar-refractivity contribution is 8.07. The molecular weight excluding hydrogens is 268 g/mol.